The summed E-state index contributed by atoms with van der Waals surface area (Å²) in [4.78, 5) is 13.1. The Labute approximate surface area is 184 Å². The molecule has 6 heteroatoms. The highest BCUT2D eigenvalue weighted by Gasteiger charge is 2.27. The smallest absolute Gasteiger partial charge is 0.264 e. The van der Waals surface area contributed by atoms with Gasteiger partial charge in [-0.3, -0.25) is 9.10 Å². The van der Waals surface area contributed by atoms with Crippen molar-refractivity contribution in [3.63, 3.8) is 0 Å². The first-order chi connectivity index (χ1) is 14.7. The molecule has 0 fully saturated rings. The third-order valence-corrected chi connectivity index (χ3v) is 7.10. The predicted molar refractivity (Wildman–Crippen MR) is 125 cm³/mol. The van der Waals surface area contributed by atoms with E-state index in [1.54, 1.807) is 36.4 Å². The van der Waals surface area contributed by atoms with Gasteiger partial charge in [0.15, 0.2) is 0 Å². The molecule has 3 aromatic carbocycles. The SMILES string of the molecule is Cc1cccc(N(CC(=O)NC(C)c2ccc(C)c(C)c2)S(=O)(=O)c2ccccc2)c1. The highest BCUT2D eigenvalue weighted by molar-refractivity contribution is 7.92. The van der Waals surface area contributed by atoms with E-state index in [4.69, 9.17) is 0 Å². The van der Waals surface area contributed by atoms with E-state index in [9.17, 15) is 13.2 Å². The molecule has 0 saturated carbocycles. The van der Waals surface area contributed by atoms with Gasteiger partial charge in [0.05, 0.1) is 16.6 Å². The van der Waals surface area contributed by atoms with Crippen LogP contribution in [0.3, 0.4) is 0 Å². The molecule has 1 amide bonds. The van der Waals surface area contributed by atoms with Crippen LogP contribution in [0, 0.1) is 20.8 Å². The van der Waals surface area contributed by atoms with E-state index in [0.29, 0.717) is 5.69 Å². The van der Waals surface area contributed by atoms with Crippen LogP contribution in [-0.4, -0.2) is 20.9 Å². The van der Waals surface area contributed by atoms with Gasteiger partial charge >= 0.3 is 0 Å². The second-order valence-electron chi connectivity index (χ2n) is 7.80. The molecule has 0 spiro atoms. The zero-order valence-electron chi connectivity index (χ0n) is 18.3. The largest absolute Gasteiger partial charge is 0.348 e. The average Bonchev–Trinajstić information content (AvgIpc) is 2.74. The normalized spacial score (nSPS) is 12.3. The standard InChI is InChI=1S/C25H28N2O3S/c1-18-9-8-10-23(15-18)27(31(29,30)24-11-6-5-7-12-24)17-25(28)26-21(4)22-14-13-19(2)20(3)16-22/h5-16,21H,17H2,1-4H3,(H,26,28). The topological polar surface area (TPSA) is 66.5 Å². The predicted octanol–water partition coefficient (Wildman–Crippen LogP) is 4.68. The minimum atomic E-state index is -3.91. The number of hydrogen-bond donors (Lipinski definition) is 1. The highest BCUT2D eigenvalue weighted by atomic mass is 32.2. The van der Waals surface area contributed by atoms with Gasteiger partial charge in [0.25, 0.3) is 10.0 Å². The van der Waals surface area contributed by atoms with Crippen LogP contribution in [0.15, 0.2) is 77.7 Å². The van der Waals surface area contributed by atoms with Crippen molar-refractivity contribution in [2.75, 3.05) is 10.8 Å². The quantitative estimate of drug-likeness (QED) is 0.585. The van der Waals surface area contributed by atoms with Gasteiger partial charge in [-0.2, -0.15) is 0 Å². The molecule has 0 radical (unpaired) electrons. The van der Waals surface area contributed by atoms with Crippen LogP contribution < -0.4 is 9.62 Å². The highest BCUT2D eigenvalue weighted by Crippen LogP contribution is 2.24. The molecule has 1 N–H and O–H groups in total. The van der Waals surface area contributed by atoms with Crippen molar-refractivity contribution < 1.29 is 13.2 Å². The molecule has 3 rings (SSSR count). The Hall–Kier alpha value is -3.12. The number of nitrogens with zero attached hydrogens (tertiary/aromatic N) is 1. The summed E-state index contributed by atoms with van der Waals surface area (Å²) in [5, 5.41) is 2.94. The van der Waals surface area contributed by atoms with Crippen LogP contribution in [-0.2, 0) is 14.8 Å². The Bertz CT molecular complexity index is 1170. The first kappa shape index (κ1) is 22.6. The summed E-state index contributed by atoms with van der Waals surface area (Å²) < 4.78 is 27.9. The van der Waals surface area contributed by atoms with E-state index in [0.717, 1.165) is 21.0 Å². The first-order valence-corrected chi connectivity index (χ1v) is 11.6. The van der Waals surface area contributed by atoms with E-state index in [1.807, 2.05) is 52.0 Å². The lowest BCUT2D eigenvalue weighted by molar-refractivity contribution is -0.120. The number of carbonyl (C=O) groups excluding carboxylic acids is 1. The number of aryl methyl sites for hydroxylation is 3. The third kappa shape index (κ3) is 5.33. The summed E-state index contributed by atoms with van der Waals surface area (Å²) >= 11 is 0. The summed E-state index contributed by atoms with van der Waals surface area (Å²) in [5.74, 6) is -0.369. The molecule has 0 bridgehead atoms. The van der Waals surface area contributed by atoms with E-state index in [2.05, 4.69) is 5.32 Å². The van der Waals surface area contributed by atoms with Crippen molar-refractivity contribution >= 4 is 21.6 Å². The van der Waals surface area contributed by atoms with E-state index >= 15 is 0 Å². The maximum absolute atomic E-state index is 13.4. The molecule has 5 nitrogen and oxygen atoms in total. The minimum Gasteiger partial charge on any atom is -0.348 e. The van der Waals surface area contributed by atoms with Crippen LogP contribution in [0.4, 0.5) is 5.69 Å². The van der Waals surface area contributed by atoms with Crippen LogP contribution in [0.5, 0.6) is 0 Å². The molecule has 3 aromatic rings. The van der Waals surface area contributed by atoms with Crippen molar-refractivity contribution in [1.82, 2.24) is 5.32 Å². The average molecular weight is 437 g/mol. The summed E-state index contributed by atoms with van der Waals surface area (Å²) in [6.45, 7) is 7.54. The molecular formula is C25H28N2O3S. The summed E-state index contributed by atoms with van der Waals surface area (Å²) in [6, 6.07) is 21.1. The number of hydrogen-bond acceptors (Lipinski definition) is 3. The maximum Gasteiger partial charge on any atom is 0.264 e. The number of benzene rings is 3. The molecule has 0 heterocycles. The van der Waals surface area contributed by atoms with Crippen molar-refractivity contribution in [3.05, 3.63) is 95.1 Å². The summed E-state index contributed by atoms with van der Waals surface area (Å²) in [6.07, 6.45) is 0. The molecule has 0 aliphatic rings. The Morgan fingerprint density at radius 1 is 0.903 bits per heavy atom. The van der Waals surface area contributed by atoms with E-state index in [-0.39, 0.29) is 23.4 Å². The second-order valence-corrected chi connectivity index (χ2v) is 9.66. The molecular weight excluding hydrogens is 408 g/mol. The van der Waals surface area contributed by atoms with Gasteiger partial charge in [-0.25, -0.2) is 8.42 Å². The number of anilines is 1. The molecule has 31 heavy (non-hydrogen) atoms. The number of nitrogens with one attached hydrogen (secondary N) is 1. The van der Waals surface area contributed by atoms with Gasteiger partial charge in [-0.05, 0) is 74.2 Å². The fraction of sp³-hybridized carbons (Fsp3) is 0.240. The molecule has 0 aliphatic carbocycles. The lowest BCUT2D eigenvalue weighted by Crippen LogP contribution is -2.41. The van der Waals surface area contributed by atoms with Crippen molar-refractivity contribution in [2.45, 2.75) is 38.6 Å². The molecule has 0 aromatic heterocycles. The number of sulfonamides is 1. The Balaban J connectivity index is 1.88. The molecule has 1 atom stereocenters. The fourth-order valence-electron chi connectivity index (χ4n) is 3.35. The van der Waals surface area contributed by atoms with Crippen molar-refractivity contribution in [1.29, 1.82) is 0 Å². The second kappa shape index (κ2) is 9.35. The lowest BCUT2D eigenvalue weighted by atomic mass is 10.0. The Morgan fingerprint density at radius 3 is 2.26 bits per heavy atom. The van der Waals surface area contributed by atoms with Crippen LogP contribution in [0.25, 0.3) is 0 Å². The van der Waals surface area contributed by atoms with Gasteiger partial charge in [-0.1, -0.05) is 48.5 Å². The van der Waals surface area contributed by atoms with Gasteiger partial charge in [0.2, 0.25) is 5.91 Å². The van der Waals surface area contributed by atoms with Gasteiger partial charge in [-0.15, -0.1) is 0 Å². The minimum absolute atomic E-state index is 0.145. The number of carbonyl (C=O) groups is 1. The van der Waals surface area contributed by atoms with Crippen molar-refractivity contribution in [2.24, 2.45) is 0 Å². The monoisotopic (exact) mass is 436 g/mol. The summed E-state index contributed by atoms with van der Waals surface area (Å²) in [5.41, 5.74) is 4.67. The fourth-order valence-corrected chi connectivity index (χ4v) is 4.79. The lowest BCUT2D eigenvalue weighted by Gasteiger charge is -2.25. The molecule has 162 valence electrons. The van der Waals surface area contributed by atoms with Crippen molar-refractivity contribution in [3.8, 4) is 0 Å². The van der Waals surface area contributed by atoms with Crippen LogP contribution in [0.1, 0.15) is 35.2 Å². The zero-order chi connectivity index (χ0) is 22.6. The van der Waals surface area contributed by atoms with Gasteiger partial charge in [0.1, 0.15) is 6.54 Å². The Kier molecular flexibility index (Phi) is 6.81. The molecule has 0 aliphatic heterocycles. The first-order valence-electron chi connectivity index (χ1n) is 10.2. The van der Waals surface area contributed by atoms with E-state index in [1.165, 1.54) is 17.7 Å². The molecule has 0 saturated heterocycles. The maximum atomic E-state index is 13.4. The Morgan fingerprint density at radius 2 is 1.61 bits per heavy atom. The zero-order valence-corrected chi connectivity index (χ0v) is 19.1. The van der Waals surface area contributed by atoms with Gasteiger partial charge < -0.3 is 5.32 Å². The van der Waals surface area contributed by atoms with Crippen LogP contribution in [0.2, 0.25) is 0 Å². The summed E-state index contributed by atoms with van der Waals surface area (Å²) in [7, 11) is -3.91. The van der Waals surface area contributed by atoms with Gasteiger partial charge in [0, 0.05) is 0 Å². The third-order valence-electron chi connectivity index (χ3n) is 5.32. The molecule has 1 unspecified atom stereocenters. The van der Waals surface area contributed by atoms with Crippen LogP contribution >= 0.6 is 0 Å². The number of rotatable bonds is 7. The number of amides is 1. The van der Waals surface area contributed by atoms with E-state index < -0.39 is 10.0 Å².